The molecule has 2 rings (SSSR count). The van der Waals surface area contributed by atoms with Crippen molar-refractivity contribution in [1.82, 2.24) is 15.3 Å². The van der Waals surface area contributed by atoms with Gasteiger partial charge in [0.05, 0.1) is 0 Å². The lowest BCUT2D eigenvalue weighted by Crippen LogP contribution is -2.26. The zero-order valence-corrected chi connectivity index (χ0v) is 12.9. The monoisotopic (exact) mass is 303 g/mol. The van der Waals surface area contributed by atoms with Gasteiger partial charge < -0.3 is 5.32 Å². The third-order valence-electron chi connectivity index (χ3n) is 3.09. The van der Waals surface area contributed by atoms with Gasteiger partial charge in [-0.25, -0.2) is 4.98 Å². The first-order chi connectivity index (χ1) is 10.1. The molecule has 0 aliphatic rings. The van der Waals surface area contributed by atoms with Gasteiger partial charge in [-0.15, -0.1) is 0 Å². The van der Waals surface area contributed by atoms with E-state index in [9.17, 15) is 4.79 Å². The molecule has 0 fully saturated rings. The molecule has 0 aliphatic carbocycles. The van der Waals surface area contributed by atoms with Crippen molar-refractivity contribution in [3.05, 3.63) is 58.6 Å². The number of hydrogen-bond acceptors (Lipinski definition) is 3. The number of carbonyl (C=O) groups excluding carboxylic acids is 1. The number of halogens is 1. The van der Waals surface area contributed by atoms with Crippen LogP contribution in [-0.4, -0.2) is 22.4 Å². The van der Waals surface area contributed by atoms with E-state index in [4.69, 9.17) is 11.6 Å². The smallest absolute Gasteiger partial charge is 0.251 e. The highest BCUT2D eigenvalue weighted by molar-refractivity contribution is 6.29. The SMILES string of the molecule is CC(C)c1cc(C(=O)NCCc2cccnc2)cc(Cl)n1. The highest BCUT2D eigenvalue weighted by atomic mass is 35.5. The predicted octanol–water partition coefficient (Wildman–Crippen LogP) is 3.23. The molecular weight excluding hydrogens is 286 g/mol. The number of rotatable bonds is 5. The van der Waals surface area contributed by atoms with Gasteiger partial charge in [-0.1, -0.05) is 31.5 Å². The van der Waals surface area contributed by atoms with Gasteiger partial charge in [0.2, 0.25) is 0 Å². The van der Waals surface area contributed by atoms with Crippen LogP contribution in [0.2, 0.25) is 5.15 Å². The van der Waals surface area contributed by atoms with Crippen LogP contribution in [0.4, 0.5) is 0 Å². The lowest BCUT2D eigenvalue weighted by Gasteiger charge is -2.09. The summed E-state index contributed by atoms with van der Waals surface area (Å²) in [5.74, 6) is 0.0933. The first-order valence-electron chi connectivity index (χ1n) is 6.91. The Balaban J connectivity index is 1.97. The second-order valence-corrected chi connectivity index (χ2v) is 5.51. The molecule has 21 heavy (non-hydrogen) atoms. The van der Waals surface area contributed by atoms with Crippen LogP contribution in [0.5, 0.6) is 0 Å². The van der Waals surface area contributed by atoms with Crippen LogP contribution in [0.25, 0.3) is 0 Å². The van der Waals surface area contributed by atoms with E-state index in [0.717, 1.165) is 17.7 Å². The molecule has 110 valence electrons. The quantitative estimate of drug-likeness (QED) is 0.863. The van der Waals surface area contributed by atoms with Crippen molar-refractivity contribution in [2.75, 3.05) is 6.54 Å². The summed E-state index contributed by atoms with van der Waals surface area (Å²) in [6.07, 6.45) is 4.27. The molecule has 1 amide bonds. The van der Waals surface area contributed by atoms with Crippen molar-refractivity contribution >= 4 is 17.5 Å². The molecule has 5 heteroatoms. The third kappa shape index (κ3) is 4.53. The van der Waals surface area contributed by atoms with Gasteiger partial charge in [-0.3, -0.25) is 9.78 Å². The maximum atomic E-state index is 12.1. The van der Waals surface area contributed by atoms with Crippen LogP contribution in [0.1, 0.15) is 41.4 Å². The Hall–Kier alpha value is -1.94. The largest absolute Gasteiger partial charge is 0.352 e. The topological polar surface area (TPSA) is 54.9 Å². The Kier molecular flexibility index (Phi) is 5.28. The molecular formula is C16H18ClN3O. The summed E-state index contributed by atoms with van der Waals surface area (Å²) in [5, 5.41) is 3.23. The lowest BCUT2D eigenvalue weighted by molar-refractivity contribution is 0.0954. The van der Waals surface area contributed by atoms with Crippen molar-refractivity contribution in [1.29, 1.82) is 0 Å². The first kappa shape index (κ1) is 15.4. The molecule has 2 aromatic rings. The number of amides is 1. The van der Waals surface area contributed by atoms with Crippen LogP contribution >= 0.6 is 11.6 Å². The van der Waals surface area contributed by atoms with Crippen molar-refractivity contribution in [3.8, 4) is 0 Å². The molecule has 0 aliphatic heterocycles. The minimum absolute atomic E-state index is 0.134. The van der Waals surface area contributed by atoms with Crippen molar-refractivity contribution < 1.29 is 4.79 Å². The van der Waals surface area contributed by atoms with E-state index in [1.807, 2.05) is 26.0 Å². The number of nitrogens with one attached hydrogen (secondary N) is 1. The number of carbonyl (C=O) groups is 1. The average Bonchev–Trinajstić information content (AvgIpc) is 2.47. The van der Waals surface area contributed by atoms with E-state index in [1.54, 1.807) is 24.5 Å². The molecule has 0 aromatic carbocycles. The average molecular weight is 304 g/mol. The minimum Gasteiger partial charge on any atom is -0.352 e. The van der Waals surface area contributed by atoms with Gasteiger partial charge in [-0.05, 0) is 36.1 Å². The van der Waals surface area contributed by atoms with Crippen molar-refractivity contribution in [3.63, 3.8) is 0 Å². The van der Waals surface area contributed by atoms with Crippen molar-refractivity contribution in [2.24, 2.45) is 0 Å². The molecule has 0 saturated heterocycles. The molecule has 1 N–H and O–H groups in total. The Morgan fingerprint density at radius 3 is 2.86 bits per heavy atom. The first-order valence-corrected chi connectivity index (χ1v) is 7.28. The summed E-state index contributed by atoms with van der Waals surface area (Å²) in [7, 11) is 0. The zero-order chi connectivity index (χ0) is 15.2. The predicted molar refractivity (Wildman–Crippen MR) is 83.6 cm³/mol. The maximum absolute atomic E-state index is 12.1. The van der Waals surface area contributed by atoms with Crippen LogP contribution in [0.15, 0.2) is 36.7 Å². The van der Waals surface area contributed by atoms with Crippen molar-refractivity contribution in [2.45, 2.75) is 26.2 Å². The van der Waals surface area contributed by atoms with Crippen LogP contribution < -0.4 is 5.32 Å². The van der Waals surface area contributed by atoms with E-state index in [2.05, 4.69) is 15.3 Å². The maximum Gasteiger partial charge on any atom is 0.251 e. The van der Waals surface area contributed by atoms with Gasteiger partial charge in [0.1, 0.15) is 5.15 Å². The Bertz CT molecular complexity index is 614. The van der Waals surface area contributed by atoms with Gasteiger partial charge in [-0.2, -0.15) is 0 Å². The Morgan fingerprint density at radius 2 is 2.19 bits per heavy atom. The molecule has 4 nitrogen and oxygen atoms in total. The summed E-state index contributed by atoms with van der Waals surface area (Å²) in [6, 6.07) is 7.25. The number of hydrogen-bond donors (Lipinski definition) is 1. The van der Waals surface area contributed by atoms with Gasteiger partial charge in [0.15, 0.2) is 0 Å². The van der Waals surface area contributed by atoms with E-state index >= 15 is 0 Å². The van der Waals surface area contributed by atoms with Gasteiger partial charge >= 0.3 is 0 Å². The fourth-order valence-electron chi connectivity index (χ4n) is 1.91. The fourth-order valence-corrected chi connectivity index (χ4v) is 2.13. The normalized spacial score (nSPS) is 10.7. The third-order valence-corrected chi connectivity index (χ3v) is 3.28. The Morgan fingerprint density at radius 1 is 1.38 bits per heavy atom. The second-order valence-electron chi connectivity index (χ2n) is 5.13. The number of pyridine rings is 2. The fraction of sp³-hybridized carbons (Fsp3) is 0.312. The number of nitrogens with zero attached hydrogens (tertiary/aromatic N) is 2. The summed E-state index contributed by atoms with van der Waals surface area (Å²) in [6.45, 7) is 4.59. The van der Waals surface area contributed by atoms with Gasteiger partial charge in [0, 0.05) is 30.2 Å². The zero-order valence-electron chi connectivity index (χ0n) is 12.1. The molecule has 2 heterocycles. The van der Waals surface area contributed by atoms with Crippen LogP contribution in [0, 0.1) is 0 Å². The standard InChI is InChI=1S/C16H18ClN3O/c1-11(2)14-8-13(9-15(17)20-14)16(21)19-7-5-12-4-3-6-18-10-12/h3-4,6,8-11H,5,7H2,1-2H3,(H,19,21). The minimum atomic E-state index is -0.134. The summed E-state index contributed by atoms with van der Waals surface area (Å²) in [5.41, 5.74) is 2.46. The highest BCUT2D eigenvalue weighted by Gasteiger charge is 2.10. The molecule has 0 radical (unpaired) electrons. The summed E-state index contributed by atoms with van der Waals surface area (Å²) >= 11 is 5.97. The van der Waals surface area contributed by atoms with E-state index in [-0.39, 0.29) is 11.8 Å². The lowest BCUT2D eigenvalue weighted by atomic mass is 10.1. The molecule has 0 saturated carbocycles. The van der Waals surface area contributed by atoms with E-state index < -0.39 is 0 Å². The number of aromatic nitrogens is 2. The van der Waals surface area contributed by atoms with E-state index in [0.29, 0.717) is 17.3 Å². The van der Waals surface area contributed by atoms with Crippen LogP contribution in [-0.2, 0) is 6.42 Å². The van der Waals surface area contributed by atoms with Gasteiger partial charge in [0.25, 0.3) is 5.91 Å². The molecule has 2 aromatic heterocycles. The Labute approximate surface area is 129 Å². The summed E-state index contributed by atoms with van der Waals surface area (Å²) < 4.78 is 0. The second kappa shape index (κ2) is 7.18. The van der Waals surface area contributed by atoms with Crippen LogP contribution in [0.3, 0.4) is 0 Å². The highest BCUT2D eigenvalue weighted by Crippen LogP contribution is 2.17. The molecule has 0 unspecified atom stereocenters. The molecule has 0 spiro atoms. The van der Waals surface area contributed by atoms with E-state index in [1.165, 1.54) is 0 Å². The molecule has 0 bridgehead atoms. The molecule has 0 atom stereocenters. The summed E-state index contributed by atoms with van der Waals surface area (Å²) in [4.78, 5) is 20.4.